The third kappa shape index (κ3) is 4.05. The monoisotopic (exact) mass is 446 g/mol. The number of hydrogen-bond donors (Lipinski definition) is 1. The quantitative estimate of drug-likeness (QED) is 0.597. The van der Waals surface area contributed by atoms with Crippen LogP contribution < -0.4 is 14.8 Å². The molecule has 0 aromatic heterocycles. The maximum atomic E-state index is 13.5. The largest absolute Gasteiger partial charge is 0.497 e. The molecular weight excluding hydrogens is 416 g/mol. The van der Waals surface area contributed by atoms with Crippen LogP contribution in [-0.2, 0) is 10.3 Å². The van der Waals surface area contributed by atoms with Gasteiger partial charge in [0.05, 0.1) is 20.3 Å². The Balaban J connectivity index is 1.42. The Hall–Kier alpha value is -3.09. The van der Waals surface area contributed by atoms with Gasteiger partial charge in [-0.2, -0.15) is 0 Å². The van der Waals surface area contributed by atoms with E-state index >= 15 is 0 Å². The van der Waals surface area contributed by atoms with Crippen LogP contribution in [0.2, 0.25) is 0 Å². The van der Waals surface area contributed by atoms with Crippen LogP contribution in [0.1, 0.15) is 27.9 Å². The van der Waals surface area contributed by atoms with E-state index in [-0.39, 0.29) is 5.91 Å². The number of ether oxygens (including phenoxy) is 3. The Kier molecular flexibility index (Phi) is 5.72. The molecule has 2 fully saturated rings. The Morgan fingerprint density at radius 3 is 2.64 bits per heavy atom. The van der Waals surface area contributed by atoms with Crippen molar-refractivity contribution in [2.45, 2.75) is 24.9 Å². The summed E-state index contributed by atoms with van der Waals surface area (Å²) in [5, 5.41) is 5.44. The van der Waals surface area contributed by atoms with Crippen LogP contribution >= 0.6 is 0 Å². The maximum Gasteiger partial charge on any atom is 0.252 e. The molecule has 0 spiro atoms. The van der Waals surface area contributed by atoms with E-state index in [4.69, 9.17) is 14.2 Å². The van der Waals surface area contributed by atoms with Crippen LogP contribution in [0.25, 0.3) is 10.8 Å². The van der Waals surface area contributed by atoms with Gasteiger partial charge in [0.2, 0.25) is 0 Å². The number of fused-ring (bicyclic) bond motifs is 1. The number of carbonyl (C=O) groups is 1. The molecule has 1 unspecified atom stereocenters. The normalized spacial score (nSPS) is 19.4. The minimum absolute atomic E-state index is 0.131. The first kappa shape index (κ1) is 21.7. The number of nitrogens with one attached hydrogen (secondary N) is 1. The van der Waals surface area contributed by atoms with Crippen molar-refractivity contribution >= 4 is 16.7 Å². The molecule has 6 nitrogen and oxygen atoms in total. The second-order valence-electron chi connectivity index (χ2n) is 9.14. The van der Waals surface area contributed by atoms with Crippen molar-refractivity contribution in [1.82, 2.24) is 10.2 Å². The fraction of sp³-hybridized carbons (Fsp3) is 0.370. The maximum absolute atomic E-state index is 13.5. The van der Waals surface area contributed by atoms with Crippen molar-refractivity contribution in [1.29, 1.82) is 0 Å². The Morgan fingerprint density at radius 1 is 1.15 bits per heavy atom. The number of carbonyl (C=O) groups excluding carboxylic acids is 1. The van der Waals surface area contributed by atoms with Crippen molar-refractivity contribution in [2.24, 2.45) is 0 Å². The van der Waals surface area contributed by atoms with E-state index in [0.29, 0.717) is 31.4 Å². The zero-order valence-electron chi connectivity index (χ0n) is 19.4. The Bertz CT molecular complexity index is 1190. The third-order valence-electron chi connectivity index (χ3n) is 6.97. The summed E-state index contributed by atoms with van der Waals surface area (Å²) in [6, 6.07) is 18.3. The second-order valence-corrected chi connectivity index (χ2v) is 9.14. The first-order valence-corrected chi connectivity index (χ1v) is 11.4. The highest BCUT2D eigenvalue weighted by atomic mass is 16.5. The summed E-state index contributed by atoms with van der Waals surface area (Å²) in [6.45, 7) is 4.52. The lowest BCUT2D eigenvalue weighted by Crippen LogP contribution is -2.59. The van der Waals surface area contributed by atoms with Gasteiger partial charge in [0.1, 0.15) is 23.6 Å². The molecule has 6 heteroatoms. The number of methoxy groups -OCH3 is 1. The van der Waals surface area contributed by atoms with Crippen molar-refractivity contribution in [3.8, 4) is 11.5 Å². The smallest absolute Gasteiger partial charge is 0.252 e. The Morgan fingerprint density at radius 2 is 1.97 bits per heavy atom. The zero-order valence-corrected chi connectivity index (χ0v) is 19.4. The molecule has 2 heterocycles. The number of hydrogen-bond acceptors (Lipinski definition) is 5. The lowest BCUT2D eigenvalue weighted by molar-refractivity contribution is -0.0727. The van der Waals surface area contributed by atoms with Gasteiger partial charge in [-0.25, -0.2) is 0 Å². The van der Waals surface area contributed by atoms with Crippen LogP contribution in [-0.4, -0.2) is 57.4 Å². The van der Waals surface area contributed by atoms with E-state index < -0.39 is 5.54 Å². The molecule has 0 saturated carbocycles. The number of benzene rings is 3. The molecule has 0 aliphatic carbocycles. The van der Waals surface area contributed by atoms with Crippen LogP contribution in [0, 0.1) is 6.92 Å². The summed E-state index contributed by atoms with van der Waals surface area (Å²) in [7, 11) is 3.76. The van der Waals surface area contributed by atoms with Crippen LogP contribution in [0.4, 0.5) is 0 Å². The van der Waals surface area contributed by atoms with Gasteiger partial charge in [0, 0.05) is 11.6 Å². The molecular formula is C27H30N2O4. The molecule has 33 heavy (non-hydrogen) atoms. The predicted octanol–water partition coefficient (Wildman–Crippen LogP) is 3.90. The molecule has 5 rings (SSSR count). The molecule has 1 atom stereocenters. The van der Waals surface area contributed by atoms with Gasteiger partial charge in [-0.3, -0.25) is 9.69 Å². The first-order valence-electron chi connectivity index (χ1n) is 11.4. The van der Waals surface area contributed by atoms with E-state index in [0.717, 1.165) is 46.4 Å². The fourth-order valence-corrected chi connectivity index (χ4v) is 4.59. The molecule has 1 amide bonds. The van der Waals surface area contributed by atoms with Crippen molar-refractivity contribution in [3.63, 3.8) is 0 Å². The number of likely N-dealkylation sites (tertiary alicyclic amines) is 1. The molecule has 172 valence electrons. The predicted molar refractivity (Wildman–Crippen MR) is 128 cm³/mol. The summed E-state index contributed by atoms with van der Waals surface area (Å²) in [5.74, 6) is 1.35. The van der Waals surface area contributed by atoms with Crippen LogP contribution in [0.15, 0.2) is 54.6 Å². The van der Waals surface area contributed by atoms with Crippen molar-refractivity contribution in [3.05, 3.63) is 71.3 Å². The molecule has 0 radical (unpaired) electrons. The second kappa shape index (κ2) is 8.69. The highest BCUT2D eigenvalue weighted by Gasteiger charge is 2.43. The first-order chi connectivity index (χ1) is 16.0. The lowest BCUT2D eigenvalue weighted by Gasteiger charge is -2.43. The molecule has 2 saturated heterocycles. The fourth-order valence-electron chi connectivity index (χ4n) is 4.59. The topological polar surface area (TPSA) is 60.0 Å². The van der Waals surface area contributed by atoms with E-state index in [1.807, 2.05) is 49.4 Å². The van der Waals surface area contributed by atoms with Gasteiger partial charge in [-0.05, 0) is 73.1 Å². The molecule has 2 aliphatic heterocycles. The van der Waals surface area contributed by atoms with Gasteiger partial charge in [-0.15, -0.1) is 0 Å². The minimum Gasteiger partial charge on any atom is -0.497 e. The van der Waals surface area contributed by atoms with E-state index in [2.05, 4.69) is 29.4 Å². The number of amides is 1. The number of aryl methyl sites for hydroxylation is 1. The van der Waals surface area contributed by atoms with E-state index in [9.17, 15) is 4.79 Å². The molecule has 2 aliphatic rings. The number of nitrogens with zero attached hydrogens (tertiary/aromatic N) is 1. The van der Waals surface area contributed by atoms with Crippen molar-refractivity contribution < 1.29 is 19.0 Å². The van der Waals surface area contributed by atoms with Crippen LogP contribution in [0.5, 0.6) is 11.5 Å². The van der Waals surface area contributed by atoms with Gasteiger partial charge >= 0.3 is 0 Å². The van der Waals surface area contributed by atoms with Gasteiger partial charge < -0.3 is 19.5 Å². The summed E-state index contributed by atoms with van der Waals surface area (Å²) in [5.41, 5.74) is 1.93. The van der Waals surface area contributed by atoms with Crippen LogP contribution in [0.3, 0.4) is 0 Å². The highest BCUT2D eigenvalue weighted by Crippen LogP contribution is 2.38. The molecule has 1 N–H and O–H groups in total. The third-order valence-corrected chi connectivity index (χ3v) is 6.97. The van der Waals surface area contributed by atoms with E-state index in [1.165, 1.54) is 0 Å². The zero-order chi connectivity index (χ0) is 23.0. The number of rotatable bonds is 7. The standard InChI is InChI=1S/C27H30N2O4/c1-18-8-9-21(33-15-20-10-11-29(20)2)13-24(18)26(30)28-27(16-32-17-27)25-14-22(31-3)12-19-6-4-5-7-23(19)25/h4-9,12-14,20H,10-11,15-17H2,1-3H3,(H,28,30). The van der Waals surface area contributed by atoms with Gasteiger partial charge in [0.15, 0.2) is 0 Å². The summed E-state index contributed by atoms with van der Waals surface area (Å²) in [4.78, 5) is 15.8. The summed E-state index contributed by atoms with van der Waals surface area (Å²) in [6.07, 6.45) is 1.15. The molecule has 3 aromatic carbocycles. The number of likely N-dealkylation sites (N-methyl/N-ethyl adjacent to an activating group) is 1. The van der Waals surface area contributed by atoms with Crippen molar-refractivity contribution in [2.75, 3.05) is 40.5 Å². The highest BCUT2D eigenvalue weighted by molar-refractivity contribution is 5.97. The summed E-state index contributed by atoms with van der Waals surface area (Å²) >= 11 is 0. The Labute approximate surface area is 194 Å². The SMILES string of the molecule is COc1cc(C2(NC(=O)c3cc(OCC4CCN4C)ccc3C)COC2)c2ccccc2c1. The van der Waals surface area contributed by atoms with Gasteiger partial charge in [-0.1, -0.05) is 30.3 Å². The van der Waals surface area contributed by atoms with E-state index in [1.54, 1.807) is 7.11 Å². The molecule has 0 bridgehead atoms. The minimum atomic E-state index is -0.608. The summed E-state index contributed by atoms with van der Waals surface area (Å²) < 4.78 is 17.2. The lowest BCUT2D eigenvalue weighted by atomic mass is 9.84. The van der Waals surface area contributed by atoms with Gasteiger partial charge in [0.25, 0.3) is 5.91 Å². The average Bonchev–Trinajstić information content (AvgIpc) is 2.80. The average molecular weight is 447 g/mol. The molecule has 3 aromatic rings.